The van der Waals surface area contributed by atoms with Crippen molar-refractivity contribution >= 4 is 22.6 Å². The maximum absolute atomic E-state index is 14.4. The Morgan fingerprint density at radius 1 is 1.14 bits per heavy atom. The monoisotopic (exact) mass is 428 g/mol. The standard InChI is InChI=1S/C18H31F2IO/c1-3-5-14(21)7-4-6-12-8-9-13-11-16(22-2)18(20)17(19)15(13)10-12/h12-18H,3-11H2,1-2H3. The highest BCUT2D eigenvalue weighted by molar-refractivity contribution is 14.1. The molecule has 2 aliphatic rings. The third-order valence-electron chi connectivity index (χ3n) is 5.79. The Hall–Kier alpha value is 0.550. The summed E-state index contributed by atoms with van der Waals surface area (Å²) >= 11 is 2.55. The highest BCUT2D eigenvalue weighted by Gasteiger charge is 2.47. The first-order chi connectivity index (χ1) is 10.6. The van der Waals surface area contributed by atoms with Gasteiger partial charge in [-0.2, -0.15) is 0 Å². The van der Waals surface area contributed by atoms with Gasteiger partial charge in [-0.05, 0) is 49.9 Å². The zero-order chi connectivity index (χ0) is 16.1. The van der Waals surface area contributed by atoms with Gasteiger partial charge in [0.1, 0.15) is 6.17 Å². The Labute approximate surface area is 148 Å². The molecule has 2 aliphatic carbocycles. The van der Waals surface area contributed by atoms with Crippen LogP contribution in [0.4, 0.5) is 8.78 Å². The van der Waals surface area contributed by atoms with E-state index in [0.717, 1.165) is 16.8 Å². The first-order valence-electron chi connectivity index (χ1n) is 9.01. The summed E-state index contributed by atoms with van der Waals surface area (Å²) in [4.78, 5) is 0. The lowest BCUT2D eigenvalue weighted by molar-refractivity contribution is -0.0956. The molecule has 1 nitrogen and oxygen atoms in total. The second-order valence-electron chi connectivity index (χ2n) is 7.32. The first kappa shape index (κ1) is 18.9. The molecule has 0 radical (unpaired) electrons. The molecule has 0 aromatic carbocycles. The molecule has 0 bridgehead atoms. The summed E-state index contributed by atoms with van der Waals surface area (Å²) in [5.41, 5.74) is 0. The average molecular weight is 428 g/mol. The zero-order valence-corrected chi connectivity index (χ0v) is 16.1. The minimum absolute atomic E-state index is 0.0637. The van der Waals surface area contributed by atoms with Gasteiger partial charge in [-0.15, -0.1) is 0 Å². The van der Waals surface area contributed by atoms with E-state index in [1.165, 1.54) is 45.6 Å². The van der Waals surface area contributed by atoms with Crippen LogP contribution in [0.1, 0.15) is 64.7 Å². The molecule has 0 N–H and O–H groups in total. The van der Waals surface area contributed by atoms with E-state index in [1.54, 1.807) is 0 Å². The van der Waals surface area contributed by atoms with E-state index in [2.05, 4.69) is 29.5 Å². The predicted octanol–water partition coefficient (Wildman–Crippen LogP) is 5.89. The van der Waals surface area contributed by atoms with Gasteiger partial charge in [-0.25, -0.2) is 8.78 Å². The number of hydrogen-bond acceptors (Lipinski definition) is 1. The van der Waals surface area contributed by atoms with Gasteiger partial charge in [0, 0.05) is 11.0 Å². The lowest BCUT2D eigenvalue weighted by Crippen LogP contribution is -2.49. The second-order valence-corrected chi connectivity index (χ2v) is 9.08. The van der Waals surface area contributed by atoms with E-state index in [1.807, 2.05) is 0 Å². The number of methoxy groups -OCH3 is 1. The van der Waals surface area contributed by atoms with E-state index in [-0.39, 0.29) is 5.92 Å². The van der Waals surface area contributed by atoms with E-state index in [4.69, 9.17) is 4.74 Å². The van der Waals surface area contributed by atoms with Crippen LogP contribution < -0.4 is 0 Å². The first-order valence-corrected chi connectivity index (χ1v) is 10.3. The zero-order valence-electron chi connectivity index (χ0n) is 13.9. The molecule has 0 aromatic heterocycles. The van der Waals surface area contributed by atoms with Gasteiger partial charge in [0.2, 0.25) is 0 Å². The summed E-state index contributed by atoms with van der Waals surface area (Å²) in [5.74, 6) is 0.878. The molecule has 0 aromatic rings. The van der Waals surface area contributed by atoms with Crippen LogP contribution in [-0.2, 0) is 4.74 Å². The van der Waals surface area contributed by atoms with Crippen LogP contribution in [0.5, 0.6) is 0 Å². The summed E-state index contributed by atoms with van der Waals surface area (Å²) in [5, 5.41) is 0. The van der Waals surface area contributed by atoms with Gasteiger partial charge in [0.25, 0.3) is 0 Å². The maximum Gasteiger partial charge on any atom is 0.157 e. The highest BCUT2D eigenvalue weighted by atomic mass is 127. The fourth-order valence-electron chi connectivity index (χ4n) is 4.49. The van der Waals surface area contributed by atoms with Crippen LogP contribution in [0.15, 0.2) is 0 Å². The molecule has 2 fully saturated rings. The van der Waals surface area contributed by atoms with Crippen LogP contribution in [0.2, 0.25) is 0 Å². The van der Waals surface area contributed by atoms with Gasteiger partial charge in [0.15, 0.2) is 6.17 Å². The van der Waals surface area contributed by atoms with Crippen molar-refractivity contribution in [2.45, 2.75) is 87.1 Å². The SMILES string of the molecule is CCCC(I)CCCC1CCC2CC(OC)C(F)C(F)C2C1. The smallest absolute Gasteiger partial charge is 0.157 e. The van der Waals surface area contributed by atoms with Gasteiger partial charge in [-0.1, -0.05) is 55.2 Å². The molecular formula is C18H31F2IO. The lowest BCUT2D eigenvalue weighted by Gasteiger charge is -2.45. The van der Waals surface area contributed by atoms with Gasteiger partial charge in [0.05, 0.1) is 6.10 Å². The predicted molar refractivity (Wildman–Crippen MR) is 96.1 cm³/mol. The average Bonchev–Trinajstić information content (AvgIpc) is 2.51. The molecule has 2 rings (SSSR count). The van der Waals surface area contributed by atoms with Crippen LogP contribution in [0.3, 0.4) is 0 Å². The molecule has 7 unspecified atom stereocenters. The second kappa shape index (κ2) is 9.14. The summed E-state index contributed by atoms with van der Waals surface area (Å²) < 4.78 is 34.4. The van der Waals surface area contributed by atoms with E-state index in [9.17, 15) is 8.78 Å². The van der Waals surface area contributed by atoms with Crippen LogP contribution in [-0.4, -0.2) is 29.5 Å². The Morgan fingerprint density at radius 3 is 2.59 bits per heavy atom. The van der Waals surface area contributed by atoms with Gasteiger partial charge < -0.3 is 4.74 Å². The number of hydrogen-bond donors (Lipinski definition) is 0. The molecule has 7 atom stereocenters. The van der Waals surface area contributed by atoms with Crippen LogP contribution >= 0.6 is 22.6 Å². The summed E-state index contributed by atoms with van der Waals surface area (Å²) in [6.45, 7) is 2.23. The molecule has 4 heteroatoms. The molecule has 22 heavy (non-hydrogen) atoms. The van der Waals surface area contributed by atoms with Crippen molar-refractivity contribution in [1.82, 2.24) is 0 Å². The summed E-state index contributed by atoms with van der Waals surface area (Å²) in [6, 6.07) is 0. The van der Waals surface area contributed by atoms with Crippen molar-refractivity contribution in [2.24, 2.45) is 17.8 Å². The molecule has 0 saturated heterocycles. The molecule has 0 aliphatic heterocycles. The third kappa shape index (κ3) is 4.78. The fraction of sp³-hybridized carbons (Fsp3) is 1.00. The quantitative estimate of drug-likeness (QED) is 0.363. The molecule has 130 valence electrons. The molecule has 0 amide bonds. The van der Waals surface area contributed by atoms with Crippen LogP contribution in [0.25, 0.3) is 0 Å². The Morgan fingerprint density at radius 2 is 1.91 bits per heavy atom. The minimum atomic E-state index is -1.42. The number of halogens is 3. The van der Waals surface area contributed by atoms with Crippen molar-refractivity contribution in [2.75, 3.05) is 7.11 Å². The topological polar surface area (TPSA) is 9.23 Å². The Bertz CT molecular complexity index is 326. The highest BCUT2D eigenvalue weighted by Crippen LogP contribution is 2.46. The fourth-order valence-corrected chi connectivity index (χ4v) is 5.55. The summed E-state index contributed by atoms with van der Waals surface area (Å²) in [7, 11) is 1.51. The van der Waals surface area contributed by atoms with Gasteiger partial charge >= 0.3 is 0 Å². The maximum atomic E-state index is 14.4. The Kier molecular flexibility index (Phi) is 7.85. The lowest BCUT2D eigenvalue weighted by atomic mass is 9.64. The number of fused-ring (bicyclic) bond motifs is 1. The largest absolute Gasteiger partial charge is 0.378 e. The van der Waals surface area contributed by atoms with Gasteiger partial charge in [-0.3, -0.25) is 0 Å². The number of ether oxygens (including phenoxy) is 1. The van der Waals surface area contributed by atoms with Crippen molar-refractivity contribution in [3.8, 4) is 0 Å². The number of rotatable bonds is 7. The molecule has 0 spiro atoms. The Balaban J connectivity index is 1.78. The van der Waals surface area contributed by atoms with E-state index < -0.39 is 18.4 Å². The third-order valence-corrected chi connectivity index (χ3v) is 7.04. The molecule has 2 saturated carbocycles. The van der Waals surface area contributed by atoms with Crippen molar-refractivity contribution < 1.29 is 13.5 Å². The summed E-state index contributed by atoms with van der Waals surface area (Å²) in [6.07, 6.45) is 6.86. The van der Waals surface area contributed by atoms with Crippen molar-refractivity contribution in [3.05, 3.63) is 0 Å². The van der Waals surface area contributed by atoms with E-state index in [0.29, 0.717) is 18.3 Å². The number of alkyl halides is 3. The van der Waals surface area contributed by atoms with E-state index >= 15 is 0 Å². The normalized spacial score (nSPS) is 40.2. The van der Waals surface area contributed by atoms with Crippen molar-refractivity contribution in [3.63, 3.8) is 0 Å². The van der Waals surface area contributed by atoms with Crippen molar-refractivity contribution in [1.29, 1.82) is 0 Å². The van der Waals surface area contributed by atoms with Crippen LogP contribution in [0, 0.1) is 17.8 Å². The molecular weight excluding hydrogens is 397 g/mol. The minimum Gasteiger partial charge on any atom is -0.378 e. The molecule has 0 heterocycles.